The summed E-state index contributed by atoms with van der Waals surface area (Å²) in [5, 5.41) is 69.4. The standard InChI is InChI=1S/2C28H56O2.C6H14O6/c2*1-2-3-4-5-6-7-8-9-10-11-12-13-14-15-16-17-18-19-20-21-22-23-24-25-26-27-28(29)30;7-1-3(9)5(11)6(12)4(10)2-8/h2*2-27H2,1H3,(H,29,30);3-12H,1-2H2/t;;3-,4+,5-,6-/m..1/s1. The molecule has 72 heavy (non-hydrogen) atoms. The molecule has 0 saturated carbocycles. The molecule has 0 aromatic heterocycles. The smallest absolute Gasteiger partial charge is 0.303 e. The molecule has 434 valence electrons. The molecule has 0 aliphatic carbocycles. The lowest BCUT2D eigenvalue weighted by molar-refractivity contribution is -0.138. The summed E-state index contributed by atoms with van der Waals surface area (Å²) in [4.78, 5) is 20.9. The van der Waals surface area contributed by atoms with Crippen molar-refractivity contribution in [3.63, 3.8) is 0 Å². The Morgan fingerprint density at radius 3 is 0.486 bits per heavy atom. The molecule has 0 aliphatic heterocycles. The zero-order valence-electron chi connectivity index (χ0n) is 47.9. The van der Waals surface area contributed by atoms with Crippen molar-refractivity contribution in [1.29, 1.82) is 0 Å². The number of unbranched alkanes of at least 4 members (excludes halogenated alkanes) is 48. The van der Waals surface area contributed by atoms with Gasteiger partial charge in [0.15, 0.2) is 0 Å². The molecule has 0 spiro atoms. The highest BCUT2D eigenvalue weighted by molar-refractivity contribution is 5.66. The van der Waals surface area contributed by atoms with Crippen molar-refractivity contribution >= 4 is 11.9 Å². The zero-order valence-corrected chi connectivity index (χ0v) is 47.9. The first-order valence-corrected chi connectivity index (χ1v) is 31.5. The highest BCUT2D eigenvalue weighted by Gasteiger charge is 2.29. The summed E-state index contributed by atoms with van der Waals surface area (Å²) in [6.45, 7) is 3.14. The van der Waals surface area contributed by atoms with Crippen LogP contribution in [0.1, 0.15) is 348 Å². The number of rotatable bonds is 57. The Hall–Kier alpha value is -1.30. The third-order valence-corrected chi connectivity index (χ3v) is 14.5. The quantitative estimate of drug-likeness (QED) is 0.0272. The largest absolute Gasteiger partial charge is 0.481 e. The number of aliphatic hydroxyl groups is 6. The minimum atomic E-state index is -1.67. The number of aliphatic hydroxyl groups excluding tert-OH is 6. The zero-order chi connectivity index (χ0) is 53.6. The molecule has 0 fully saturated rings. The minimum absolute atomic E-state index is 0.347. The molecule has 10 heteroatoms. The summed E-state index contributed by atoms with van der Waals surface area (Å²) < 4.78 is 0. The van der Waals surface area contributed by atoms with Crippen molar-refractivity contribution < 1.29 is 50.4 Å². The predicted molar refractivity (Wildman–Crippen MR) is 305 cm³/mol. The Bertz CT molecular complexity index is 936. The molecule has 0 bridgehead atoms. The second-order valence-electron chi connectivity index (χ2n) is 21.7. The molecule has 0 rings (SSSR count). The number of carbonyl (C=O) groups is 2. The van der Waals surface area contributed by atoms with Crippen molar-refractivity contribution in [2.24, 2.45) is 0 Å². The van der Waals surface area contributed by atoms with Crippen molar-refractivity contribution in [2.45, 2.75) is 372 Å². The number of aliphatic carboxylic acids is 2. The van der Waals surface area contributed by atoms with Gasteiger partial charge in [-0.05, 0) is 12.8 Å². The summed E-state index contributed by atoms with van der Waals surface area (Å²) in [5.41, 5.74) is 0. The Kier molecular flexibility index (Phi) is 68.5. The molecule has 8 N–H and O–H groups in total. The molecule has 0 amide bonds. The molecule has 0 aromatic rings. The summed E-state index contributed by atoms with van der Waals surface area (Å²) in [6.07, 6.45) is 63.6. The Morgan fingerprint density at radius 1 is 0.250 bits per heavy atom. The first-order valence-electron chi connectivity index (χ1n) is 31.5. The minimum Gasteiger partial charge on any atom is -0.481 e. The van der Waals surface area contributed by atoms with Gasteiger partial charge in [-0.2, -0.15) is 0 Å². The summed E-state index contributed by atoms with van der Waals surface area (Å²) in [7, 11) is 0. The maximum atomic E-state index is 10.4. The van der Waals surface area contributed by atoms with E-state index in [9.17, 15) is 9.59 Å². The van der Waals surface area contributed by atoms with Crippen molar-refractivity contribution in [2.75, 3.05) is 13.2 Å². The van der Waals surface area contributed by atoms with E-state index in [2.05, 4.69) is 13.8 Å². The van der Waals surface area contributed by atoms with Crippen molar-refractivity contribution in [3.05, 3.63) is 0 Å². The Morgan fingerprint density at radius 2 is 0.375 bits per heavy atom. The lowest BCUT2D eigenvalue weighted by Gasteiger charge is -2.24. The number of hydrogen-bond acceptors (Lipinski definition) is 8. The average molecular weight is 1030 g/mol. The highest BCUT2D eigenvalue weighted by atomic mass is 16.4. The third kappa shape index (κ3) is 66.7. The van der Waals surface area contributed by atoms with Crippen LogP contribution in [0.3, 0.4) is 0 Å². The van der Waals surface area contributed by atoms with Gasteiger partial charge in [0.2, 0.25) is 0 Å². The summed E-state index contributed by atoms with van der Waals surface area (Å²) in [6, 6.07) is 0. The highest BCUT2D eigenvalue weighted by Crippen LogP contribution is 2.18. The fourth-order valence-electron chi connectivity index (χ4n) is 9.50. The predicted octanol–water partition coefficient (Wildman–Crippen LogP) is 16.9. The van der Waals surface area contributed by atoms with Crippen LogP contribution in [0.15, 0.2) is 0 Å². The second-order valence-corrected chi connectivity index (χ2v) is 21.7. The van der Waals surface area contributed by atoms with E-state index >= 15 is 0 Å². The fraction of sp³-hybridized carbons (Fsp3) is 0.968. The molecule has 0 radical (unpaired) electrons. The van der Waals surface area contributed by atoms with Gasteiger partial charge in [-0.15, -0.1) is 0 Å². The third-order valence-electron chi connectivity index (χ3n) is 14.5. The van der Waals surface area contributed by atoms with Crippen LogP contribution >= 0.6 is 0 Å². The van der Waals surface area contributed by atoms with Crippen LogP contribution in [0.25, 0.3) is 0 Å². The number of hydrogen-bond donors (Lipinski definition) is 8. The molecular weight excluding hydrogens is 905 g/mol. The van der Waals surface area contributed by atoms with E-state index in [0.29, 0.717) is 12.8 Å². The van der Waals surface area contributed by atoms with Crippen LogP contribution in [0, 0.1) is 0 Å². The maximum Gasteiger partial charge on any atom is 0.303 e. The van der Waals surface area contributed by atoms with E-state index < -0.39 is 49.6 Å². The van der Waals surface area contributed by atoms with Gasteiger partial charge in [0, 0.05) is 12.8 Å². The fourth-order valence-corrected chi connectivity index (χ4v) is 9.50. The van der Waals surface area contributed by atoms with Crippen LogP contribution in [0.5, 0.6) is 0 Å². The van der Waals surface area contributed by atoms with Crippen LogP contribution in [0.4, 0.5) is 0 Å². The van der Waals surface area contributed by atoms with Gasteiger partial charge in [-0.1, -0.05) is 322 Å². The van der Waals surface area contributed by atoms with E-state index in [1.54, 1.807) is 0 Å². The van der Waals surface area contributed by atoms with E-state index in [-0.39, 0.29) is 0 Å². The van der Waals surface area contributed by atoms with Gasteiger partial charge in [0.25, 0.3) is 0 Å². The average Bonchev–Trinajstić information content (AvgIpc) is 3.37. The van der Waals surface area contributed by atoms with Gasteiger partial charge in [-0.25, -0.2) is 0 Å². The first-order chi connectivity index (χ1) is 35.1. The molecule has 10 nitrogen and oxygen atoms in total. The van der Waals surface area contributed by atoms with Crippen LogP contribution < -0.4 is 0 Å². The monoisotopic (exact) mass is 1030 g/mol. The number of carboxylic acid groups (broad SMARTS) is 2. The molecule has 0 aromatic carbocycles. The van der Waals surface area contributed by atoms with Gasteiger partial charge >= 0.3 is 11.9 Å². The Labute approximate surface area is 446 Å². The molecule has 0 aliphatic rings. The summed E-state index contributed by atoms with van der Waals surface area (Å²) in [5.74, 6) is -1.30. The van der Waals surface area contributed by atoms with E-state index in [1.807, 2.05) is 0 Å². The van der Waals surface area contributed by atoms with Crippen molar-refractivity contribution in [3.8, 4) is 0 Å². The topological polar surface area (TPSA) is 196 Å². The second kappa shape index (κ2) is 65.8. The Balaban J connectivity index is -0.00000108. The lowest BCUT2D eigenvalue weighted by Crippen LogP contribution is -2.46. The lowest BCUT2D eigenvalue weighted by atomic mass is 10.0. The van der Waals surface area contributed by atoms with Gasteiger partial charge < -0.3 is 40.9 Å². The van der Waals surface area contributed by atoms with E-state index in [1.165, 1.54) is 295 Å². The van der Waals surface area contributed by atoms with Crippen LogP contribution in [-0.4, -0.2) is 90.4 Å². The van der Waals surface area contributed by atoms with Crippen LogP contribution in [-0.2, 0) is 9.59 Å². The summed E-state index contributed by atoms with van der Waals surface area (Å²) >= 11 is 0. The van der Waals surface area contributed by atoms with E-state index in [0.717, 1.165) is 25.7 Å². The molecule has 0 saturated heterocycles. The molecule has 4 atom stereocenters. The van der Waals surface area contributed by atoms with Gasteiger partial charge in [0.1, 0.15) is 24.4 Å². The van der Waals surface area contributed by atoms with Crippen LogP contribution in [0.2, 0.25) is 0 Å². The molecular formula is C62H126O10. The normalized spacial score (nSPS) is 12.9. The van der Waals surface area contributed by atoms with Gasteiger partial charge in [0.05, 0.1) is 13.2 Å². The van der Waals surface area contributed by atoms with E-state index in [4.69, 9.17) is 40.9 Å². The first kappa shape index (κ1) is 74.9. The van der Waals surface area contributed by atoms with Gasteiger partial charge in [-0.3, -0.25) is 9.59 Å². The van der Waals surface area contributed by atoms with Crippen molar-refractivity contribution in [1.82, 2.24) is 0 Å². The maximum absolute atomic E-state index is 10.4. The SMILES string of the molecule is CCCCCCCCCCCCCCCCCCCCCCCCCCCC(=O)O.CCCCCCCCCCCCCCCCCCCCCCCCCCCC(=O)O.OC[C@@H](O)[C@@H](O)[C@H](O)[C@@H](O)CO. The number of carboxylic acids is 2. The molecule has 0 unspecified atom stereocenters. The molecule has 0 heterocycles.